The van der Waals surface area contributed by atoms with Crippen LogP contribution in [0, 0.1) is 0 Å². The van der Waals surface area contributed by atoms with Crippen molar-refractivity contribution in [2.75, 3.05) is 5.73 Å². The van der Waals surface area contributed by atoms with E-state index in [0.29, 0.717) is 0 Å². The maximum absolute atomic E-state index is 11.8. The van der Waals surface area contributed by atoms with Crippen LogP contribution in [0.5, 0.6) is 0 Å². The van der Waals surface area contributed by atoms with Gasteiger partial charge in [0.05, 0.1) is 6.42 Å². The van der Waals surface area contributed by atoms with Crippen molar-refractivity contribution in [2.24, 2.45) is 0 Å². The standard InChI is InChI=1S/C7H7F3N2/c8-7(9,10)4-5-2-1-3-12-6(5)11/h1-3H,4H2,(H2,11,12). The molecule has 12 heavy (non-hydrogen) atoms. The fraction of sp³-hybridized carbons (Fsp3) is 0.286. The number of halogens is 3. The third-order valence-corrected chi connectivity index (χ3v) is 1.32. The molecule has 0 amide bonds. The minimum atomic E-state index is -4.23. The summed E-state index contributed by atoms with van der Waals surface area (Å²) in [6.07, 6.45) is -3.89. The molecule has 0 fully saturated rings. The Bertz CT molecular complexity index is 270. The molecule has 0 atom stereocenters. The molecule has 1 rings (SSSR count). The molecule has 1 aromatic rings. The minimum absolute atomic E-state index is 0.0185. The van der Waals surface area contributed by atoms with Crippen LogP contribution in [0.4, 0.5) is 19.0 Å². The van der Waals surface area contributed by atoms with Crippen LogP contribution in [0.1, 0.15) is 5.56 Å². The van der Waals surface area contributed by atoms with Crippen molar-refractivity contribution in [1.82, 2.24) is 4.98 Å². The van der Waals surface area contributed by atoms with Gasteiger partial charge in [0.25, 0.3) is 0 Å². The molecule has 0 saturated heterocycles. The zero-order valence-electron chi connectivity index (χ0n) is 6.10. The average Bonchev–Trinajstić information content (AvgIpc) is 1.91. The van der Waals surface area contributed by atoms with E-state index in [1.165, 1.54) is 18.3 Å². The Balaban J connectivity index is 2.83. The summed E-state index contributed by atoms with van der Waals surface area (Å²) in [7, 11) is 0. The van der Waals surface area contributed by atoms with Crippen molar-refractivity contribution in [3.63, 3.8) is 0 Å². The van der Waals surface area contributed by atoms with Gasteiger partial charge in [0, 0.05) is 11.8 Å². The van der Waals surface area contributed by atoms with Gasteiger partial charge < -0.3 is 5.73 Å². The first kappa shape index (κ1) is 8.83. The summed E-state index contributed by atoms with van der Waals surface area (Å²) in [6.45, 7) is 0. The van der Waals surface area contributed by atoms with Crippen molar-refractivity contribution in [1.29, 1.82) is 0 Å². The highest BCUT2D eigenvalue weighted by Gasteiger charge is 2.28. The largest absolute Gasteiger partial charge is 0.393 e. The molecule has 1 aromatic heterocycles. The Labute approximate surface area is 67.2 Å². The highest BCUT2D eigenvalue weighted by molar-refractivity contribution is 5.38. The van der Waals surface area contributed by atoms with E-state index in [1.807, 2.05) is 0 Å². The predicted octanol–water partition coefficient (Wildman–Crippen LogP) is 1.77. The molecule has 0 aliphatic rings. The molecule has 0 unspecified atom stereocenters. The number of anilines is 1. The number of nitrogens with two attached hydrogens (primary N) is 1. The summed E-state index contributed by atoms with van der Waals surface area (Å²) in [6, 6.07) is 2.74. The Morgan fingerprint density at radius 2 is 2.08 bits per heavy atom. The summed E-state index contributed by atoms with van der Waals surface area (Å²) in [4.78, 5) is 3.54. The average molecular weight is 176 g/mol. The number of nitrogen functional groups attached to an aromatic ring is 1. The number of alkyl halides is 3. The van der Waals surface area contributed by atoms with E-state index in [4.69, 9.17) is 5.73 Å². The lowest BCUT2D eigenvalue weighted by molar-refractivity contribution is -0.127. The van der Waals surface area contributed by atoms with Crippen LogP contribution in [0.25, 0.3) is 0 Å². The molecule has 2 N–H and O–H groups in total. The van der Waals surface area contributed by atoms with Gasteiger partial charge in [0.1, 0.15) is 5.82 Å². The monoisotopic (exact) mass is 176 g/mol. The topological polar surface area (TPSA) is 38.9 Å². The summed E-state index contributed by atoms with van der Waals surface area (Å²) in [5, 5.41) is 0. The number of pyridine rings is 1. The van der Waals surface area contributed by atoms with Gasteiger partial charge in [-0.25, -0.2) is 4.98 Å². The second-order valence-corrected chi connectivity index (χ2v) is 2.34. The van der Waals surface area contributed by atoms with Crippen LogP contribution in [0.15, 0.2) is 18.3 Å². The molecule has 5 heteroatoms. The zero-order valence-corrected chi connectivity index (χ0v) is 6.10. The lowest BCUT2D eigenvalue weighted by Gasteiger charge is -2.07. The van der Waals surface area contributed by atoms with Crippen molar-refractivity contribution in [3.05, 3.63) is 23.9 Å². The fourth-order valence-electron chi connectivity index (χ4n) is 0.816. The van der Waals surface area contributed by atoms with E-state index in [2.05, 4.69) is 4.98 Å². The number of hydrogen-bond acceptors (Lipinski definition) is 2. The number of hydrogen-bond donors (Lipinski definition) is 1. The SMILES string of the molecule is Nc1ncccc1CC(F)(F)F. The van der Waals surface area contributed by atoms with E-state index in [0.717, 1.165) is 0 Å². The van der Waals surface area contributed by atoms with Crippen LogP contribution in [0.3, 0.4) is 0 Å². The molecule has 0 aliphatic carbocycles. The molecule has 0 bridgehead atoms. The first-order valence-electron chi connectivity index (χ1n) is 3.25. The molecule has 0 aromatic carbocycles. The molecule has 0 radical (unpaired) electrons. The first-order valence-corrected chi connectivity index (χ1v) is 3.25. The predicted molar refractivity (Wildman–Crippen MR) is 38.4 cm³/mol. The molecule has 66 valence electrons. The molecular formula is C7H7F3N2. The summed E-state index contributed by atoms with van der Waals surface area (Å²) in [5.74, 6) is -0.0603. The van der Waals surface area contributed by atoms with Gasteiger partial charge in [0.15, 0.2) is 0 Å². The van der Waals surface area contributed by atoms with Crippen LogP contribution in [-0.4, -0.2) is 11.2 Å². The molecular weight excluding hydrogens is 169 g/mol. The van der Waals surface area contributed by atoms with Crippen molar-refractivity contribution >= 4 is 5.82 Å². The quantitative estimate of drug-likeness (QED) is 0.708. The van der Waals surface area contributed by atoms with Crippen molar-refractivity contribution in [2.45, 2.75) is 12.6 Å². The van der Waals surface area contributed by atoms with Gasteiger partial charge in [0.2, 0.25) is 0 Å². The van der Waals surface area contributed by atoms with Gasteiger partial charge in [-0.1, -0.05) is 6.07 Å². The Kier molecular flexibility index (Phi) is 2.21. The van der Waals surface area contributed by atoms with Crippen LogP contribution < -0.4 is 5.73 Å². The van der Waals surface area contributed by atoms with Crippen molar-refractivity contribution in [3.8, 4) is 0 Å². The smallest absolute Gasteiger partial charge is 0.383 e. The number of aromatic nitrogens is 1. The van der Waals surface area contributed by atoms with E-state index in [9.17, 15) is 13.2 Å². The van der Waals surface area contributed by atoms with E-state index in [-0.39, 0.29) is 11.4 Å². The normalized spacial score (nSPS) is 11.6. The van der Waals surface area contributed by atoms with E-state index >= 15 is 0 Å². The van der Waals surface area contributed by atoms with E-state index < -0.39 is 12.6 Å². The highest BCUT2D eigenvalue weighted by Crippen LogP contribution is 2.23. The van der Waals surface area contributed by atoms with E-state index in [1.54, 1.807) is 0 Å². The third kappa shape index (κ3) is 2.41. The second kappa shape index (κ2) is 3.00. The lowest BCUT2D eigenvalue weighted by atomic mass is 10.2. The van der Waals surface area contributed by atoms with Crippen LogP contribution in [-0.2, 0) is 6.42 Å². The maximum Gasteiger partial charge on any atom is 0.393 e. The second-order valence-electron chi connectivity index (χ2n) is 2.34. The van der Waals surface area contributed by atoms with Gasteiger partial charge in [-0.05, 0) is 6.07 Å². The van der Waals surface area contributed by atoms with Crippen LogP contribution >= 0.6 is 0 Å². The molecule has 0 saturated carbocycles. The van der Waals surface area contributed by atoms with Crippen LogP contribution in [0.2, 0.25) is 0 Å². The Morgan fingerprint density at radius 3 is 2.58 bits per heavy atom. The lowest BCUT2D eigenvalue weighted by Crippen LogP contribution is -2.13. The summed E-state index contributed by atoms with van der Waals surface area (Å²) >= 11 is 0. The Hall–Kier alpha value is -1.26. The fourth-order valence-corrected chi connectivity index (χ4v) is 0.816. The number of nitrogens with zero attached hydrogens (tertiary/aromatic N) is 1. The van der Waals surface area contributed by atoms with Gasteiger partial charge in [-0.2, -0.15) is 13.2 Å². The first-order chi connectivity index (χ1) is 5.49. The summed E-state index contributed by atoms with van der Waals surface area (Å²) < 4.78 is 35.5. The zero-order chi connectivity index (χ0) is 9.19. The third-order valence-electron chi connectivity index (χ3n) is 1.32. The van der Waals surface area contributed by atoms with Gasteiger partial charge in [-0.3, -0.25) is 0 Å². The summed E-state index contributed by atoms with van der Waals surface area (Å²) in [5.41, 5.74) is 5.24. The molecule has 0 aliphatic heterocycles. The highest BCUT2D eigenvalue weighted by atomic mass is 19.4. The number of rotatable bonds is 1. The molecule has 1 heterocycles. The molecule has 0 spiro atoms. The Morgan fingerprint density at radius 1 is 1.42 bits per heavy atom. The van der Waals surface area contributed by atoms with Gasteiger partial charge in [-0.15, -0.1) is 0 Å². The molecule has 2 nitrogen and oxygen atoms in total. The minimum Gasteiger partial charge on any atom is -0.383 e. The maximum atomic E-state index is 11.8. The van der Waals surface area contributed by atoms with Gasteiger partial charge >= 0.3 is 6.18 Å². The van der Waals surface area contributed by atoms with Crippen molar-refractivity contribution < 1.29 is 13.2 Å².